The van der Waals surface area contributed by atoms with Crippen molar-refractivity contribution in [3.05, 3.63) is 10.8 Å². The number of rotatable bonds is 7. The van der Waals surface area contributed by atoms with Crippen LogP contribution in [-0.4, -0.2) is 37.6 Å². The monoisotopic (exact) mass is 290 g/mol. The van der Waals surface area contributed by atoms with Crippen LogP contribution in [0.3, 0.4) is 0 Å². The summed E-state index contributed by atoms with van der Waals surface area (Å²) >= 11 is 5.82. The summed E-state index contributed by atoms with van der Waals surface area (Å²) in [7, 11) is 0.367. The molecule has 0 amide bonds. The van der Waals surface area contributed by atoms with Crippen LogP contribution in [0.15, 0.2) is 0 Å². The molecule has 0 aliphatic heterocycles. The van der Waals surface area contributed by atoms with Gasteiger partial charge in [-0.25, -0.2) is 0 Å². The zero-order chi connectivity index (χ0) is 13.8. The Hall–Kier alpha value is -0.853. The molecule has 0 spiro atoms. The van der Waals surface area contributed by atoms with Crippen LogP contribution in [-0.2, 0) is 11.5 Å². The van der Waals surface area contributed by atoms with E-state index in [-0.39, 0.29) is 23.6 Å². The van der Waals surface area contributed by atoms with E-state index >= 15 is 0 Å². The lowest BCUT2D eigenvalue weighted by Gasteiger charge is -2.16. The van der Waals surface area contributed by atoms with E-state index in [9.17, 15) is 4.79 Å². The molecule has 1 aromatic rings. The number of halogens is 1. The van der Waals surface area contributed by atoms with Crippen LogP contribution in [0.2, 0.25) is 30.8 Å². The number of nitrogens with zero attached hydrogens (tertiary/aromatic N) is 2. The van der Waals surface area contributed by atoms with Crippen molar-refractivity contribution in [3.8, 4) is 6.01 Å². The first-order valence-electron chi connectivity index (χ1n) is 5.72. The fourth-order valence-electron chi connectivity index (χ4n) is 1.34. The largest absolute Gasteiger partial charge is 0.468 e. The summed E-state index contributed by atoms with van der Waals surface area (Å²) in [6.07, 6.45) is 0.653. The van der Waals surface area contributed by atoms with Gasteiger partial charge in [0.25, 0.3) is 6.01 Å². The number of carbonyl (C=O) groups excluding carboxylic acids is 1. The summed E-state index contributed by atoms with van der Waals surface area (Å²) in [5.74, 6) is 0. The van der Waals surface area contributed by atoms with Crippen LogP contribution in [0.5, 0.6) is 6.01 Å². The van der Waals surface area contributed by atoms with Crippen LogP contribution in [0, 0.1) is 0 Å². The second kappa shape index (κ2) is 6.35. The highest BCUT2D eigenvalue weighted by Crippen LogP contribution is 2.21. The Bertz CT molecular complexity index is 415. The van der Waals surface area contributed by atoms with Gasteiger partial charge in [0.1, 0.15) is 12.4 Å². The number of hydrogen-bond acceptors (Lipinski definition) is 4. The zero-order valence-corrected chi connectivity index (χ0v) is 13.0. The van der Waals surface area contributed by atoms with Crippen LogP contribution >= 0.6 is 11.6 Å². The van der Waals surface area contributed by atoms with E-state index in [2.05, 4.69) is 24.6 Å². The van der Waals surface area contributed by atoms with E-state index in [4.69, 9.17) is 21.1 Å². The molecule has 1 aromatic heterocycles. The van der Waals surface area contributed by atoms with Crippen molar-refractivity contribution in [3.63, 3.8) is 0 Å². The highest BCUT2D eigenvalue weighted by molar-refractivity contribution is 6.76. The minimum atomic E-state index is -1.11. The lowest BCUT2D eigenvalue weighted by molar-refractivity contribution is 0.0776. The smallest absolute Gasteiger partial charge is 0.300 e. The third-order valence-corrected chi connectivity index (χ3v) is 4.42. The third-order valence-electron chi connectivity index (χ3n) is 2.44. The van der Waals surface area contributed by atoms with Crippen molar-refractivity contribution >= 4 is 26.0 Å². The SMILES string of the molecule is COc1nc(Cl)c(C=O)n1COCC[Si](C)(C)C. The topological polar surface area (TPSA) is 53.3 Å². The predicted molar refractivity (Wildman–Crippen MR) is 73.3 cm³/mol. The molecule has 0 atom stereocenters. The molecule has 0 N–H and O–H groups in total. The van der Waals surface area contributed by atoms with Gasteiger partial charge in [0, 0.05) is 14.7 Å². The number of imidazole rings is 1. The normalized spacial score (nSPS) is 11.6. The number of methoxy groups -OCH3 is 1. The molecule has 0 bridgehead atoms. The molecule has 102 valence electrons. The van der Waals surface area contributed by atoms with Gasteiger partial charge < -0.3 is 9.47 Å². The minimum absolute atomic E-state index is 0.135. The summed E-state index contributed by atoms with van der Waals surface area (Å²) in [5, 5.41) is 0.135. The predicted octanol–water partition coefficient (Wildman–Crippen LogP) is 2.67. The second-order valence-electron chi connectivity index (χ2n) is 5.17. The van der Waals surface area contributed by atoms with Gasteiger partial charge in [-0.3, -0.25) is 9.36 Å². The fraction of sp³-hybridized carbons (Fsp3) is 0.636. The van der Waals surface area contributed by atoms with Crippen molar-refractivity contribution in [2.75, 3.05) is 13.7 Å². The number of aromatic nitrogens is 2. The molecule has 0 saturated carbocycles. The summed E-state index contributed by atoms with van der Waals surface area (Å²) < 4.78 is 12.1. The lowest BCUT2D eigenvalue weighted by Crippen LogP contribution is -2.22. The summed E-state index contributed by atoms with van der Waals surface area (Å²) in [6.45, 7) is 7.72. The van der Waals surface area contributed by atoms with Gasteiger partial charge in [0.15, 0.2) is 11.4 Å². The molecule has 0 saturated heterocycles. The van der Waals surface area contributed by atoms with E-state index in [1.54, 1.807) is 0 Å². The Balaban J connectivity index is 2.63. The fourth-order valence-corrected chi connectivity index (χ4v) is 2.32. The minimum Gasteiger partial charge on any atom is -0.468 e. The first-order chi connectivity index (χ1) is 8.39. The Labute approximate surface area is 113 Å². The molecule has 1 rings (SSSR count). The van der Waals surface area contributed by atoms with Gasteiger partial charge in [-0.15, -0.1) is 0 Å². The van der Waals surface area contributed by atoms with Crippen LogP contribution < -0.4 is 4.74 Å². The molecular weight excluding hydrogens is 272 g/mol. The van der Waals surface area contributed by atoms with Crippen molar-refractivity contribution in [2.45, 2.75) is 32.4 Å². The van der Waals surface area contributed by atoms with Crippen molar-refractivity contribution in [1.29, 1.82) is 0 Å². The maximum atomic E-state index is 10.9. The Kier molecular flexibility index (Phi) is 5.37. The first kappa shape index (κ1) is 15.2. The standard InChI is InChI=1S/C11H19ClN2O3Si/c1-16-11-13-10(12)9(7-15)14(11)8-17-5-6-18(2,3)4/h7H,5-6,8H2,1-4H3. The molecule has 7 heteroatoms. The number of hydrogen-bond donors (Lipinski definition) is 0. The van der Waals surface area contributed by atoms with Crippen molar-refractivity contribution in [2.24, 2.45) is 0 Å². The maximum absolute atomic E-state index is 10.9. The quantitative estimate of drug-likeness (QED) is 0.440. The van der Waals surface area contributed by atoms with Gasteiger partial charge in [0.2, 0.25) is 0 Å². The number of aldehydes is 1. The first-order valence-corrected chi connectivity index (χ1v) is 9.80. The van der Waals surface area contributed by atoms with Gasteiger partial charge in [-0.2, -0.15) is 4.98 Å². The summed E-state index contributed by atoms with van der Waals surface area (Å²) in [6, 6.07) is 1.35. The number of carbonyl (C=O) groups is 1. The molecule has 1 heterocycles. The molecule has 0 aromatic carbocycles. The Morgan fingerprint density at radius 3 is 2.61 bits per heavy atom. The molecule has 0 fully saturated rings. The van der Waals surface area contributed by atoms with Gasteiger partial charge in [-0.05, 0) is 6.04 Å². The summed E-state index contributed by atoms with van der Waals surface area (Å²) in [4.78, 5) is 14.9. The number of ether oxygens (including phenoxy) is 2. The molecule has 0 radical (unpaired) electrons. The van der Waals surface area contributed by atoms with Crippen LogP contribution in [0.25, 0.3) is 0 Å². The Morgan fingerprint density at radius 1 is 1.44 bits per heavy atom. The van der Waals surface area contributed by atoms with Crippen molar-refractivity contribution in [1.82, 2.24) is 9.55 Å². The van der Waals surface area contributed by atoms with Crippen molar-refractivity contribution < 1.29 is 14.3 Å². The average molecular weight is 291 g/mol. The van der Waals surface area contributed by atoms with E-state index in [1.165, 1.54) is 11.7 Å². The molecule has 0 aliphatic rings. The highest BCUT2D eigenvalue weighted by atomic mass is 35.5. The maximum Gasteiger partial charge on any atom is 0.300 e. The average Bonchev–Trinajstić information content (AvgIpc) is 2.59. The van der Waals surface area contributed by atoms with Gasteiger partial charge >= 0.3 is 0 Å². The van der Waals surface area contributed by atoms with E-state index in [1.807, 2.05) is 0 Å². The molecule has 5 nitrogen and oxygen atoms in total. The van der Waals surface area contributed by atoms with Crippen LogP contribution in [0.4, 0.5) is 0 Å². The third kappa shape index (κ3) is 4.11. The van der Waals surface area contributed by atoms with E-state index in [0.717, 1.165) is 6.04 Å². The van der Waals surface area contributed by atoms with E-state index < -0.39 is 8.07 Å². The zero-order valence-electron chi connectivity index (χ0n) is 11.2. The molecular formula is C11H19ClN2O3Si. The van der Waals surface area contributed by atoms with Gasteiger partial charge in [0.05, 0.1) is 7.11 Å². The molecule has 0 aliphatic carbocycles. The molecule has 18 heavy (non-hydrogen) atoms. The lowest BCUT2D eigenvalue weighted by atomic mass is 10.5. The van der Waals surface area contributed by atoms with Crippen LogP contribution in [0.1, 0.15) is 10.5 Å². The van der Waals surface area contributed by atoms with E-state index in [0.29, 0.717) is 12.9 Å². The highest BCUT2D eigenvalue weighted by Gasteiger charge is 2.16. The van der Waals surface area contributed by atoms with Gasteiger partial charge in [-0.1, -0.05) is 31.2 Å². The summed E-state index contributed by atoms with van der Waals surface area (Å²) in [5.41, 5.74) is 0.279. The molecule has 0 unspecified atom stereocenters. The second-order valence-corrected chi connectivity index (χ2v) is 11.1. The Morgan fingerprint density at radius 2 is 2.11 bits per heavy atom.